The van der Waals surface area contributed by atoms with Gasteiger partial charge in [0.05, 0.1) is 13.2 Å². The van der Waals surface area contributed by atoms with E-state index in [4.69, 9.17) is 18.9 Å². The second kappa shape index (κ2) is 5.28. The van der Waals surface area contributed by atoms with E-state index < -0.39 is 0 Å². The molecule has 2 aliphatic heterocycles. The monoisotopic (exact) mass is 274 g/mol. The summed E-state index contributed by atoms with van der Waals surface area (Å²) in [6.07, 6.45) is 5.32. The Morgan fingerprint density at radius 3 is 3.00 bits per heavy atom. The van der Waals surface area contributed by atoms with Crippen LogP contribution in [0.15, 0.2) is 36.1 Å². The van der Waals surface area contributed by atoms with Gasteiger partial charge in [0, 0.05) is 6.42 Å². The van der Waals surface area contributed by atoms with E-state index in [1.807, 2.05) is 30.4 Å². The molecule has 0 aliphatic carbocycles. The smallest absolute Gasteiger partial charge is 0.334 e. The molecule has 0 spiro atoms. The molecule has 20 heavy (non-hydrogen) atoms. The first-order valence-electron chi connectivity index (χ1n) is 6.27. The molecule has 0 N–H and O–H groups in total. The maximum absolute atomic E-state index is 11.4. The number of rotatable bonds is 3. The summed E-state index contributed by atoms with van der Waals surface area (Å²) in [5.74, 6) is 1.72. The molecule has 2 heterocycles. The lowest BCUT2D eigenvalue weighted by molar-refractivity contribution is -0.142. The van der Waals surface area contributed by atoms with Crippen LogP contribution >= 0.6 is 0 Å². The maximum atomic E-state index is 11.4. The Morgan fingerprint density at radius 1 is 1.30 bits per heavy atom. The predicted molar refractivity (Wildman–Crippen MR) is 71.2 cm³/mol. The van der Waals surface area contributed by atoms with Crippen LogP contribution in [-0.2, 0) is 14.3 Å². The first-order valence-corrected chi connectivity index (χ1v) is 6.27. The Kier molecular flexibility index (Phi) is 3.33. The molecule has 0 saturated carbocycles. The van der Waals surface area contributed by atoms with Crippen LogP contribution in [-0.4, -0.2) is 26.0 Å². The van der Waals surface area contributed by atoms with Crippen LogP contribution in [0, 0.1) is 0 Å². The van der Waals surface area contributed by atoms with Crippen LogP contribution in [0.4, 0.5) is 0 Å². The van der Waals surface area contributed by atoms with Crippen molar-refractivity contribution in [3.8, 4) is 11.5 Å². The highest BCUT2D eigenvalue weighted by atomic mass is 16.7. The minimum atomic E-state index is -0.381. The van der Waals surface area contributed by atoms with Crippen LogP contribution in [0.2, 0.25) is 0 Å². The molecular formula is C15H14O5. The highest BCUT2D eigenvalue weighted by Crippen LogP contribution is 2.33. The fraction of sp³-hybridized carbons (Fsp3) is 0.267. The highest BCUT2D eigenvalue weighted by Gasteiger charge is 2.20. The second-order valence-corrected chi connectivity index (χ2v) is 4.47. The molecule has 5 heteroatoms. The Morgan fingerprint density at radius 2 is 2.15 bits per heavy atom. The first kappa shape index (κ1) is 12.6. The van der Waals surface area contributed by atoms with Gasteiger partial charge in [-0.1, -0.05) is 12.1 Å². The molecule has 3 rings (SSSR count). The molecule has 0 saturated heterocycles. The third-order valence-corrected chi connectivity index (χ3v) is 3.11. The maximum Gasteiger partial charge on any atom is 0.334 e. The zero-order chi connectivity index (χ0) is 13.9. The van der Waals surface area contributed by atoms with Crippen LogP contribution in [0.5, 0.6) is 11.5 Å². The Hall–Kier alpha value is -2.43. The van der Waals surface area contributed by atoms with E-state index in [2.05, 4.69) is 0 Å². The number of esters is 1. The van der Waals surface area contributed by atoms with E-state index in [0.29, 0.717) is 12.2 Å². The SMILES string of the molecule is COC1=CC(=O)O[C@H](C=Cc2ccc3c(c2)OCO3)C1. The van der Waals surface area contributed by atoms with E-state index >= 15 is 0 Å². The van der Waals surface area contributed by atoms with Crippen molar-refractivity contribution in [3.05, 3.63) is 41.7 Å². The molecule has 0 bridgehead atoms. The lowest BCUT2D eigenvalue weighted by atomic mass is 10.1. The molecule has 5 nitrogen and oxygen atoms in total. The fourth-order valence-corrected chi connectivity index (χ4v) is 2.10. The van der Waals surface area contributed by atoms with Crippen molar-refractivity contribution >= 4 is 12.0 Å². The highest BCUT2D eigenvalue weighted by molar-refractivity contribution is 5.83. The number of hydrogen-bond donors (Lipinski definition) is 0. The molecule has 0 radical (unpaired) electrons. The summed E-state index contributed by atoms with van der Waals surface area (Å²) in [5.41, 5.74) is 0.957. The standard InChI is InChI=1S/C15H14O5/c1-17-12-7-11(20-15(16)8-12)4-2-10-3-5-13-14(6-10)19-9-18-13/h2-6,8,11H,7,9H2,1H3/t11-/m1/s1. The number of fused-ring (bicyclic) bond motifs is 1. The summed E-state index contributed by atoms with van der Waals surface area (Å²) >= 11 is 0. The van der Waals surface area contributed by atoms with Gasteiger partial charge in [0.2, 0.25) is 6.79 Å². The molecule has 2 aliphatic rings. The number of hydrogen-bond acceptors (Lipinski definition) is 5. The quantitative estimate of drug-likeness (QED) is 0.791. The topological polar surface area (TPSA) is 54.0 Å². The normalized spacial score (nSPS) is 20.8. The molecule has 0 amide bonds. The summed E-state index contributed by atoms with van der Waals surface area (Å²) in [6, 6.07) is 5.66. The molecular weight excluding hydrogens is 260 g/mol. The van der Waals surface area contributed by atoms with Crippen LogP contribution in [0.1, 0.15) is 12.0 Å². The number of carbonyl (C=O) groups is 1. The minimum Gasteiger partial charge on any atom is -0.501 e. The Labute approximate surface area is 116 Å². The van der Waals surface area contributed by atoms with Crippen molar-refractivity contribution in [2.75, 3.05) is 13.9 Å². The molecule has 0 fully saturated rings. The van der Waals surface area contributed by atoms with Gasteiger partial charge < -0.3 is 18.9 Å². The lowest BCUT2D eigenvalue weighted by Crippen LogP contribution is -2.21. The van der Waals surface area contributed by atoms with Gasteiger partial charge in [-0.2, -0.15) is 0 Å². The zero-order valence-electron chi connectivity index (χ0n) is 11.0. The fourth-order valence-electron chi connectivity index (χ4n) is 2.10. The molecule has 1 aromatic carbocycles. The summed E-state index contributed by atoms with van der Waals surface area (Å²) in [4.78, 5) is 11.4. The van der Waals surface area contributed by atoms with Gasteiger partial charge in [-0.15, -0.1) is 0 Å². The van der Waals surface area contributed by atoms with Crippen molar-refractivity contribution in [2.24, 2.45) is 0 Å². The number of ether oxygens (including phenoxy) is 4. The Balaban J connectivity index is 1.71. The van der Waals surface area contributed by atoms with Crippen molar-refractivity contribution in [1.82, 2.24) is 0 Å². The van der Waals surface area contributed by atoms with Gasteiger partial charge in [0.1, 0.15) is 11.9 Å². The third kappa shape index (κ3) is 2.61. The second-order valence-electron chi connectivity index (χ2n) is 4.47. The average molecular weight is 274 g/mol. The van der Waals surface area contributed by atoms with E-state index in [0.717, 1.165) is 17.1 Å². The predicted octanol–water partition coefficient (Wildman–Crippen LogP) is 2.27. The van der Waals surface area contributed by atoms with Crippen molar-refractivity contribution in [2.45, 2.75) is 12.5 Å². The molecule has 1 aromatic rings. The minimum absolute atomic E-state index is 0.255. The molecule has 104 valence electrons. The van der Waals surface area contributed by atoms with E-state index in [-0.39, 0.29) is 18.9 Å². The van der Waals surface area contributed by atoms with Gasteiger partial charge in [-0.05, 0) is 23.8 Å². The molecule has 1 atom stereocenters. The van der Waals surface area contributed by atoms with Crippen LogP contribution in [0.25, 0.3) is 6.08 Å². The number of cyclic esters (lactones) is 1. The van der Waals surface area contributed by atoms with E-state index in [1.54, 1.807) is 7.11 Å². The van der Waals surface area contributed by atoms with Crippen molar-refractivity contribution in [3.63, 3.8) is 0 Å². The summed E-state index contributed by atoms with van der Waals surface area (Å²) < 4.78 is 20.9. The summed E-state index contributed by atoms with van der Waals surface area (Å²) in [6.45, 7) is 0.255. The van der Waals surface area contributed by atoms with Crippen molar-refractivity contribution in [1.29, 1.82) is 0 Å². The number of benzene rings is 1. The van der Waals surface area contributed by atoms with Gasteiger partial charge in [-0.3, -0.25) is 0 Å². The lowest BCUT2D eigenvalue weighted by Gasteiger charge is -2.19. The summed E-state index contributed by atoms with van der Waals surface area (Å²) in [7, 11) is 1.54. The Bertz CT molecular complexity index is 588. The largest absolute Gasteiger partial charge is 0.501 e. The van der Waals surface area contributed by atoms with Crippen molar-refractivity contribution < 1.29 is 23.7 Å². The third-order valence-electron chi connectivity index (χ3n) is 3.11. The van der Waals surface area contributed by atoms with E-state index in [1.165, 1.54) is 6.08 Å². The van der Waals surface area contributed by atoms with Gasteiger partial charge in [-0.25, -0.2) is 4.79 Å². The zero-order valence-corrected chi connectivity index (χ0v) is 11.0. The number of carbonyl (C=O) groups excluding carboxylic acids is 1. The average Bonchev–Trinajstić information content (AvgIpc) is 2.92. The van der Waals surface area contributed by atoms with Crippen LogP contribution in [0.3, 0.4) is 0 Å². The van der Waals surface area contributed by atoms with Crippen LogP contribution < -0.4 is 9.47 Å². The van der Waals surface area contributed by atoms with Gasteiger partial charge in [0.25, 0.3) is 0 Å². The summed E-state index contributed by atoms with van der Waals surface area (Å²) in [5, 5.41) is 0. The van der Waals surface area contributed by atoms with Gasteiger partial charge in [0.15, 0.2) is 11.5 Å². The van der Waals surface area contributed by atoms with E-state index in [9.17, 15) is 4.79 Å². The molecule has 0 unspecified atom stereocenters. The number of methoxy groups -OCH3 is 1. The molecule has 0 aromatic heterocycles. The van der Waals surface area contributed by atoms with Gasteiger partial charge >= 0.3 is 5.97 Å². The first-order chi connectivity index (χ1) is 9.74.